The maximum Gasteiger partial charge on any atom is 0.258 e. The Morgan fingerprint density at radius 3 is 2.94 bits per heavy atom. The second-order valence-electron chi connectivity index (χ2n) is 3.73. The molecule has 0 aromatic heterocycles. The first-order chi connectivity index (χ1) is 8.69. The normalized spacial score (nSPS) is 11.4. The van der Waals surface area contributed by atoms with Crippen molar-refractivity contribution in [3.05, 3.63) is 29.8 Å². The van der Waals surface area contributed by atoms with E-state index in [0.29, 0.717) is 17.7 Å². The molecule has 18 heavy (non-hydrogen) atoms. The van der Waals surface area contributed by atoms with Crippen molar-refractivity contribution in [2.45, 2.75) is 19.4 Å². The van der Waals surface area contributed by atoms with Gasteiger partial charge >= 0.3 is 0 Å². The molecule has 0 fully saturated rings. The zero-order valence-electron chi connectivity index (χ0n) is 10.3. The number of carbonyl (C=O) groups is 1. The number of carbonyl (C=O) groups excluding carboxylic acids is 1. The van der Waals surface area contributed by atoms with Crippen LogP contribution in [0, 0.1) is 12.3 Å². The van der Waals surface area contributed by atoms with Gasteiger partial charge in [0.05, 0.1) is 12.6 Å². The Balaban J connectivity index is 2.62. The van der Waals surface area contributed by atoms with E-state index >= 15 is 0 Å². The van der Waals surface area contributed by atoms with Gasteiger partial charge in [-0.3, -0.25) is 4.79 Å². The molecule has 1 aromatic carbocycles. The summed E-state index contributed by atoms with van der Waals surface area (Å²) in [5.41, 5.74) is 0.685. The molecule has 2 N–H and O–H groups in total. The minimum Gasteiger partial charge on any atom is -0.483 e. The third kappa shape index (κ3) is 4.11. The molecule has 0 aliphatic heterocycles. The molecule has 0 aliphatic carbocycles. The first-order valence-corrected chi connectivity index (χ1v) is 5.79. The van der Waals surface area contributed by atoms with Gasteiger partial charge in [-0.2, -0.15) is 0 Å². The molecule has 0 spiro atoms. The van der Waals surface area contributed by atoms with Crippen molar-refractivity contribution < 1.29 is 14.6 Å². The lowest BCUT2D eigenvalue weighted by atomic mass is 10.1. The lowest BCUT2D eigenvalue weighted by Gasteiger charge is -2.14. The van der Waals surface area contributed by atoms with E-state index in [1.807, 2.05) is 13.0 Å². The number of nitrogens with one attached hydrogen (secondary N) is 1. The van der Waals surface area contributed by atoms with Crippen molar-refractivity contribution in [3.63, 3.8) is 0 Å². The molecule has 1 aromatic rings. The van der Waals surface area contributed by atoms with E-state index in [0.717, 1.165) is 0 Å². The van der Waals surface area contributed by atoms with Crippen LogP contribution < -0.4 is 10.1 Å². The molecule has 0 bridgehead atoms. The van der Waals surface area contributed by atoms with Crippen LogP contribution in [0.2, 0.25) is 0 Å². The Kier molecular flexibility index (Phi) is 5.75. The molecule has 0 aliphatic rings. The van der Waals surface area contributed by atoms with Crippen LogP contribution in [0.3, 0.4) is 0 Å². The van der Waals surface area contributed by atoms with Crippen LogP contribution in [-0.4, -0.2) is 24.2 Å². The molecule has 1 rings (SSSR count). The summed E-state index contributed by atoms with van der Waals surface area (Å²) in [7, 11) is 0. The molecule has 1 unspecified atom stereocenters. The first kappa shape index (κ1) is 14.1. The molecular formula is C14H17NO3. The number of aliphatic hydroxyl groups excluding tert-OH is 1. The molecule has 96 valence electrons. The number of aliphatic hydroxyl groups is 1. The van der Waals surface area contributed by atoms with Gasteiger partial charge in [-0.15, -0.1) is 6.42 Å². The number of benzene rings is 1. The summed E-state index contributed by atoms with van der Waals surface area (Å²) in [6.45, 7) is 1.94. The highest BCUT2D eigenvalue weighted by Crippen LogP contribution is 2.26. The molecule has 0 saturated heterocycles. The van der Waals surface area contributed by atoms with Gasteiger partial charge < -0.3 is 15.2 Å². The van der Waals surface area contributed by atoms with Crippen LogP contribution in [0.4, 0.5) is 0 Å². The number of amides is 1. The van der Waals surface area contributed by atoms with Crippen molar-refractivity contribution in [2.75, 3.05) is 13.2 Å². The van der Waals surface area contributed by atoms with E-state index in [4.69, 9.17) is 11.2 Å². The summed E-state index contributed by atoms with van der Waals surface area (Å²) >= 11 is 0. The standard InChI is InChI=1S/C14H17NO3/c1-3-9-15-14(17)10-18-13-8-6-5-7-11(13)12(16)4-2/h1,5-8,12,16H,4,9-10H2,2H3,(H,15,17). The lowest BCUT2D eigenvalue weighted by molar-refractivity contribution is -0.122. The first-order valence-electron chi connectivity index (χ1n) is 5.79. The maximum atomic E-state index is 11.3. The van der Waals surface area contributed by atoms with Gasteiger partial charge in [0.1, 0.15) is 5.75 Å². The van der Waals surface area contributed by atoms with Gasteiger partial charge in [-0.25, -0.2) is 0 Å². The number of rotatable bonds is 6. The largest absolute Gasteiger partial charge is 0.483 e. The average molecular weight is 247 g/mol. The van der Waals surface area contributed by atoms with Gasteiger partial charge in [-0.05, 0) is 12.5 Å². The lowest BCUT2D eigenvalue weighted by Crippen LogP contribution is -2.29. The van der Waals surface area contributed by atoms with Crippen molar-refractivity contribution in [2.24, 2.45) is 0 Å². The fourth-order valence-electron chi connectivity index (χ4n) is 1.45. The molecular weight excluding hydrogens is 230 g/mol. The van der Waals surface area contributed by atoms with Crippen molar-refractivity contribution in [3.8, 4) is 18.1 Å². The van der Waals surface area contributed by atoms with Crippen molar-refractivity contribution in [1.82, 2.24) is 5.32 Å². The molecule has 1 atom stereocenters. The van der Waals surface area contributed by atoms with Crippen LogP contribution in [-0.2, 0) is 4.79 Å². The Morgan fingerprint density at radius 1 is 1.56 bits per heavy atom. The fraction of sp³-hybridized carbons (Fsp3) is 0.357. The quantitative estimate of drug-likeness (QED) is 0.744. The monoisotopic (exact) mass is 247 g/mol. The van der Waals surface area contributed by atoms with Crippen LogP contribution in [0.1, 0.15) is 25.0 Å². The third-order valence-electron chi connectivity index (χ3n) is 2.41. The predicted molar refractivity (Wildman–Crippen MR) is 69.0 cm³/mol. The second-order valence-corrected chi connectivity index (χ2v) is 3.73. The summed E-state index contributed by atoms with van der Waals surface area (Å²) in [6, 6.07) is 7.12. The Morgan fingerprint density at radius 2 is 2.28 bits per heavy atom. The van der Waals surface area contributed by atoms with E-state index in [9.17, 15) is 9.90 Å². The summed E-state index contributed by atoms with van der Waals surface area (Å²) < 4.78 is 5.38. The Bertz CT molecular complexity index is 437. The molecule has 4 nitrogen and oxygen atoms in total. The third-order valence-corrected chi connectivity index (χ3v) is 2.41. The number of para-hydroxylation sites is 1. The van der Waals surface area contributed by atoms with Crippen molar-refractivity contribution >= 4 is 5.91 Å². The smallest absolute Gasteiger partial charge is 0.258 e. The van der Waals surface area contributed by atoms with Crippen LogP contribution in [0.15, 0.2) is 24.3 Å². The highest BCUT2D eigenvalue weighted by Gasteiger charge is 2.11. The number of hydrogen-bond acceptors (Lipinski definition) is 3. The number of hydrogen-bond donors (Lipinski definition) is 2. The summed E-state index contributed by atoms with van der Waals surface area (Å²) in [6.07, 6.45) is 5.03. The summed E-state index contributed by atoms with van der Waals surface area (Å²) in [4.78, 5) is 11.3. The molecule has 0 saturated carbocycles. The maximum absolute atomic E-state index is 11.3. The number of terminal acetylenes is 1. The minimum atomic E-state index is -0.588. The zero-order valence-corrected chi connectivity index (χ0v) is 10.3. The fourth-order valence-corrected chi connectivity index (χ4v) is 1.45. The van der Waals surface area contributed by atoms with E-state index in [2.05, 4.69) is 11.2 Å². The molecule has 0 heterocycles. The van der Waals surface area contributed by atoms with E-state index in [-0.39, 0.29) is 19.1 Å². The minimum absolute atomic E-state index is 0.116. The second kappa shape index (κ2) is 7.36. The molecule has 1 amide bonds. The van der Waals surface area contributed by atoms with E-state index in [1.165, 1.54) is 0 Å². The summed E-state index contributed by atoms with van der Waals surface area (Å²) in [5, 5.41) is 12.3. The van der Waals surface area contributed by atoms with Crippen LogP contribution in [0.25, 0.3) is 0 Å². The van der Waals surface area contributed by atoms with E-state index in [1.54, 1.807) is 18.2 Å². The Labute approximate surface area is 107 Å². The van der Waals surface area contributed by atoms with Crippen LogP contribution in [0.5, 0.6) is 5.75 Å². The highest BCUT2D eigenvalue weighted by atomic mass is 16.5. The average Bonchev–Trinajstić information content (AvgIpc) is 2.42. The van der Waals surface area contributed by atoms with Crippen LogP contribution >= 0.6 is 0 Å². The molecule has 0 radical (unpaired) electrons. The highest BCUT2D eigenvalue weighted by molar-refractivity contribution is 5.77. The van der Waals surface area contributed by atoms with Gasteiger partial charge in [0.2, 0.25) is 0 Å². The van der Waals surface area contributed by atoms with Crippen molar-refractivity contribution in [1.29, 1.82) is 0 Å². The SMILES string of the molecule is C#CCNC(=O)COc1ccccc1C(O)CC. The van der Waals surface area contributed by atoms with Gasteiger partial charge in [0.15, 0.2) is 6.61 Å². The number of ether oxygens (including phenoxy) is 1. The summed E-state index contributed by atoms with van der Waals surface area (Å²) in [5.74, 6) is 2.54. The molecule has 4 heteroatoms. The van der Waals surface area contributed by atoms with Gasteiger partial charge in [0.25, 0.3) is 5.91 Å². The van der Waals surface area contributed by atoms with Gasteiger partial charge in [0, 0.05) is 5.56 Å². The predicted octanol–water partition coefficient (Wildman–Crippen LogP) is 1.26. The Hall–Kier alpha value is -1.99. The van der Waals surface area contributed by atoms with Gasteiger partial charge in [-0.1, -0.05) is 31.0 Å². The topological polar surface area (TPSA) is 58.6 Å². The van der Waals surface area contributed by atoms with E-state index < -0.39 is 6.10 Å². The zero-order chi connectivity index (χ0) is 13.4.